The fourth-order valence-corrected chi connectivity index (χ4v) is 1.50. The second kappa shape index (κ2) is 7.28. The topological polar surface area (TPSA) is 164 Å². The number of hydrogen-bond acceptors (Lipinski definition) is 8. The van der Waals surface area contributed by atoms with Gasteiger partial charge in [-0.05, 0) is 28.7 Å². The van der Waals surface area contributed by atoms with E-state index in [0.717, 1.165) is 12.4 Å². The molecular weight excluding hydrogens is 395 g/mol. The predicted octanol–water partition coefficient (Wildman–Crippen LogP) is 1.75. The van der Waals surface area contributed by atoms with E-state index in [1.165, 1.54) is 18.2 Å². The van der Waals surface area contributed by atoms with Gasteiger partial charge in [0.2, 0.25) is 0 Å². The van der Waals surface area contributed by atoms with Crippen molar-refractivity contribution in [1.82, 2.24) is 9.97 Å². The molecule has 0 aliphatic carbocycles. The Labute approximate surface area is 131 Å². The number of rotatable bonds is 2. The summed E-state index contributed by atoms with van der Waals surface area (Å²) in [5.74, 6) is 0.599. The van der Waals surface area contributed by atoms with E-state index in [4.69, 9.17) is 11.5 Å². The van der Waals surface area contributed by atoms with E-state index in [1.54, 1.807) is 0 Å². The first-order chi connectivity index (χ1) is 9.81. The van der Waals surface area contributed by atoms with Gasteiger partial charge in [-0.15, -0.1) is 0 Å². The zero-order valence-electron chi connectivity index (χ0n) is 10.3. The van der Waals surface area contributed by atoms with Crippen molar-refractivity contribution in [3.05, 3.63) is 54.4 Å². The van der Waals surface area contributed by atoms with E-state index in [1.807, 2.05) is 22.6 Å². The smallest absolute Gasteiger partial charge is 0.288 e. The number of aromatic nitrogens is 2. The van der Waals surface area contributed by atoms with Crippen molar-refractivity contribution < 1.29 is 9.85 Å². The van der Waals surface area contributed by atoms with Crippen LogP contribution < -0.4 is 11.5 Å². The minimum Gasteiger partial charge on any atom is -0.384 e. The van der Waals surface area contributed by atoms with Crippen LogP contribution in [0.4, 0.5) is 23.0 Å². The zero-order chi connectivity index (χ0) is 16.0. The Hall–Kier alpha value is -2.57. The normalized spacial score (nSPS) is 9.38. The average Bonchev–Trinajstić information content (AvgIpc) is 2.43. The zero-order valence-corrected chi connectivity index (χ0v) is 12.5. The molecule has 0 saturated carbocycles. The van der Waals surface area contributed by atoms with Crippen LogP contribution in [0.25, 0.3) is 0 Å². The highest BCUT2D eigenvalue weighted by molar-refractivity contribution is 14.1. The van der Waals surface area contributed by atoms with Gasteiger partial charge in [0.05, 0.1) is 13.4 Å². The highest BCUT2D eigenvalue weighted by Crippen LogP contribution is 2.17. The molecule has 2 aromatic rings. The summed E-state index contributed by atoms with van der Waals surface area (Å²) in [6, 6.07) is 4.07. The summed E-state index contributed by atoms with van der Waals surface area (Å²) >= 11 is 1.89. The first-order valence-corrected chi connectivity index (χ1v) is 6.30. The van der Waals surface area contributed by atoms with Crippen LogP contribution in [0.15, 0.2) is 30.6 Å². The number of nitrogen functional groups attached to an aromatic ring is 2. The van der Waals surface area contributed by atoms with Gasteiger partial charge in [-0.3, -0.25) is 20.2 Å². The Morgan fingerprint density at radius 2 is 1.57 bits per heavy atom. The summed E-state index contributed by atoms with van der Waals surface area (Å²) in [6.45, 7) is 0. The van der Waals surface area contributed by atoms with Crippen LogP contribution in [0, 0.1) is 23.8 Å². The summed E-state index contributed by atoms with van der Waals surface area (Å²) in [4.78, 5) is 26.4. The third-order valence-corrected chi connectivity index (χ3v) is 2.91. The number of hydrogen-bond donors (Lipinski definition) is 2. The summed E-state index contributed by atoms with van der Waals surface area (Å²) in [5.41, 5.74) is 10.5. The number of anilines is 2. The van der Waals surface area contributed by atoms with Gasteiger partial charge in [-0.25, -0.2) is 9.97 Å². The average molecular weight is 404 g/mol. The number of nitrogens with zero attached hydrogens (tertiary/aromatic N) is 4. The molecule has 0 unspecified atom stereocenters. The molecule has 0 radical (unpaired) electrons. The maximum absolute atomic E-state index is 10.2. The van der Waals surface area contributed by atoms with Crippen molar-refractivity contribution in [3.63, 3.8) is 0 Å². The molecule has 10 nitrogen and oxygen atoms in total. The Bertz CT molecular complexity index is 663. The first kappa shape index (κ1) is 16.5. The predicted molar refractivity (Wildman–Crippen MR) is 83.3 cm³/mol. The summed E-state index contributed by atoms with van der Waals surface area (Å²) in [7, 11) is 0. The highest BCUT2D eigenvalue weighted by atomic mass is 127. The molecule has 0 spiro atoms. The van der Waals surface area contributed by atoms with E-state index in [0.29, 0.717) is 9.39 Å². The van der Waals surface area contributed by atoms with Crippen LogP contribution in [-0.4, -0.2) is 19.8 Å². The third kappa shape index (κ3) is 5.13. The van der Waals surface area contributed by atoms with Gasteiger partial charge < -0.3 is 11.5 Å². The quantitative estimate of drug-likeness (QED) is 0.434. The molecular formula is C10H9IN6O4. The Kier molecular flexibility index (Phi) is 5.71. The lowest BCUT2D eigenvalue weighted by Crippen LogP contribution is -1.96. The van der Waals surface area contributed by atoms with Gasteiger partial charge in [-0.2, -0.15) is 0 Å². The number of pyridine rings is 2. The van der Waals surface area contributed by atoms with Crippen LogP contribution in [0.1, 0.15) is 0 Å². The monoisotopic (exact) mass is 404 g/mol. The minimum atomic E-state index is -0.521. The molecule has 110 valence electrons. The number of nitrogens with two attached hydrogens (primary N) is 2. The fraction of sp³-hybridized carbons (Fsp3) is 0. The summed E-state index contributed by atoms with van der Waals surface area (Å²) in [5, 5.41) is 20.2. The number of halogens is 1. The molecule has 0 aliphatic heterocycles. The molecule has 21 heavy (non-hydrogen) atoms. The molecule has 2 rings (SSSR count). The van der Waals surface area contributed by atoms with E-state index in [9.17, 15) is 20.2 Å². The van der Waals surface area contributed by atoms with E-state index >= 15 is 0 Å². The summed E-state index contributed by atoms with van der Waals surface area (Å²) < 4.78 is 0.594. The minimum absolute atomic E-state index is 0.0383. The molecule has 2 aromatic heterocycles. The molecule has 11 heteroatoms. The molecule has 0 saturated heterocycles. The third-order valence-electron chi connectivity index (χ3n) is 2.05. The molecule has 0 amide bonds. The standard InChI is InChI=1S/C5H4IN3O2.C5H5N3O2/c6-4-1-3(9(10)11)2-8-5(4)7;6-5-2-1-4(3-7-5)8(9)10/h1-2H,(H2,7,8);1-3H,(H2,6,7). The van der Waals surface area contributed by atoms with Crippen LogP contribution in [0.5, 0.6) is 0 Å². The molecule has 0 fully saturated rings. The van der Waals surface area contributed by atoms with Crippen LogP contribution >= 0.6 is 22.6 Å². The van der Waals surface area contributed by atoms with Crippen molar-refractivity contribution in [1.29, 1.82) is 0 Å². The van der Waals surface area contributed by atoms with Crippen molar-refractivity contribution in [2.24, 2.45) is 0 Å². The largest absolute Gasteiger partial charge is 0.384 e. The first-order valence-electron chi connectivity index (χ1n) is 5.22. The molecule has 0 aromatic carbocycles. The molecule has 0 atom stereocenters. The van der Waals surface area contributed by atoms with E-state index < -0.39 is 9.85 Å². The second-order valence-corrected chi connectivity index (χ2v) is 4.68. The molecule has 0 bridgehead atoms. The van der Waals surface area contributed by atoms with Crippen molar-refractivity contribution in [2.45, 2.75) is 0 Å². The Balaban J connectivity index is 0.000000211. The highest BCUT2D eigenvalue weighted by Gasteiger charge is 2.07. The lowest BCUT2D eigenvalue weighted by molar-refractivity contribution is -0.385. The lowest BCUT2D eigenvalue weighted by atomic mass is 10.4. The van der Waals surface area contributed by atoms with Gasteiger partial charge in [0.1, 0.15) is 24.0 Å². The molecule has 4 N–H and O–H groups in total. The van der Waals surface area contributed by atoms with Gasteiger partial charge in [-0.1, -0.05) is 0 Å². The second-order valence-electron chi connectivity index (χ2n) is 3.52. The fourth-order valence-electron chi connectivity index (χ4n) is 1.04. The van der Waals surface area contributed by atoms with Crippen molar-refractivity contribution in [2.75, 3.05) is 11.5 Å². The van der Waals surface area contributed by atoms with Crippen LogP contribution in [0.3, 0.4) is 0 Å². The maximum Gasteiger partial charge on any atom is 0.288 e. The molecule has 2 heterocycles. The Morgan fingerprint density at radius 3 is 2.00 bits per heavy atom. The van der Waals surface area contributed by atoms with Crippen molar-refractivity contribution in [3.8, 4) is 0 Å². The maximum atomic E-state index is 10.2. The van der Waals surface area contributed by atoms with E-state index in [2.05, 4.69) is 9.97 Å². The van der Waals surface area contributed by atoms with Gasteiger partial charge >= 0.3 is 0 Å². The molecule has 0 aliphatic rings. The van der Waals surface area contributed by atoms with Gasteiger partial charge in [0, 0.05) is 12.1 Å². The van der Waals surface area contributed by atoms with Crippen molar-refractivity contribution >= 4 is 45.6 Å². The van der Waals surface area contributed by atoms with Crippen LogP contribution in [-0.2, 0) is 0 Å². The summed E-state index contributed by atoms with van der Waals surface area (Å²) in [6.07, 6.45) is 2.26. The van der Waals surface area contributed by atoms with Gasteiger partial charge in [0.25, 0.3) is 11.4 Å². The van der Waals surface area contributed by atoms with Crippen LogP contribution in [0.2, 0.25) is 0 Å². The van der Waals surface area contributed by atoms with E-state index in [-0.39, 0.29) is 17.2 Å². The van der Waals surface area contributed by atoms with Gasteiger partial charge in [0.15, 0.2) is 0 Å². The number of nitro groups is 2. The lowest BCUT2D eigenvalue weighted by Gasteiger charge is -1.94. The SMILES string of the molecule is Nc1ccc([N+](=O)[O-])cn1.Nc1ncc([N+](=O)[O-])cc1I. The Morgan fingerprint density at radius 1 is 1.00 bits per heavy atom.